The van der Waals surface area contributed by atoms with E-state index in [1.54, 1.807) is 18.2 Å². The Labute approximate surface area is 119 Å². The normalized spacial score (nSPS) is 11.3. The van der Waals surface area contributed by atoms with Gasteiger partial charge in [-0.1, -0.05) is 30.3 Å². The SMILES string of the molecule is CS(=O)(=O)c1cccc(OCc2cccc(CN)c2)c1. The van der Waals surface area contributed by atoms with E-state index in [0.717, 1.165) is 11.1 Å². The van der Waals surface area contributed by atoms with Gasteiger partial charge in [-0.15, -0.1) is 0 Å². The van der Waals surface area contributed by atoms with E-state index in [0.29, 0.717) is 18.9 Å². The molecule has 0 bridgehead atoms. The molecular weight excluding hydrogens is 274 g/mol. The number of benzene rings is 2. The second-order valence-electron chi connectivity index (χ2n) is 4.56. The van der Waals surface area contributed by atoms with Crippen LogP contribution < -0.4 is 10.5 Å². The fourth-order valence-electron chi connectivity index (χ4n) is 1.81. The molecule has 106 valence electrons. The first-order valence-electron chi connectivity index (χ1n) is 6.20. The smallest absolute Gasteiger partial charge is 0.175 e. The van der Waals surface area contributed by atoms with Crippen LogP contribution in [0.2, 0.25) is 0 Å². The summed E-state index contributed by atoms with van der Waals surface area (Å²) in [4.78, 5) is 0.255. The van der Waals surface area contributed by atoms with Crippen molar-refractivity contribution in [3.63, 3.8) is 0 Å². The van der Waals surface area contributed by atoms with Crippen LogP contribution in [0.1, 0.15) is 11.1 Å². The molecule has 2 rings (SSSR count). The van der Waals surface area contributed by atoms with E-state index >= 15 is 0 Å². The lowest BCUT2D eigenvalue weighted by Crippen LogP contribution is -2.01. The molecule has 2 aromatic rings. The molecule has 0 radical (unpaired) electrons. The summed E-state index contributed by atoms with van der Waals surface area (Å²) < 4.78 is 28.6. The van der Waals surface area contributed by atoms with Crippen molar-refractivity contribution in [2.45, 2.75) is 18.0 Å². The van der Waals surface area contributed by atoms with Crippen molar-refractivity contribution in [1.82, 2.24) is 0 Å². The molecule has 20 heavy (non-hydrogen) atoms. The van der Waals surface area contributed by atoms with Gasteiger partial charge in [-0.2, -0.15) is 0 Å². The van der Waals surface area contributed by atoms with Crippen LogP contribution in [-0.2, 0) is 23.0 Å². The van der Waals surface area contributed by atoms with Crippen LogP contribution in [0.5, 0.6) is 5.75 Å². The van der Waals surface area contributed by atoms with Crippen LogP contribution in [0.25, 0.3) is 0 Å². The van der Waals surface area contributed by atoms with Gasteiger partial charge >= 0.3 is 0 Å². The monoisotopic (exact) mass is 291 g/mol. The summed E-state index contributed by atoms with van der Waals surface area (Å²) in [6.07, 6.45) is 1.18. The number of sulfone groups is 1. The highest BCUT2D eigenvalue weighted by Gasteiger charge is 2.07. The topological polar surface area (TPSA) is 69.4 Å². The number of hydrogen-bond acceptors (Lipinski definition) is 4. The third-order valence-corrected chi connectivity index (χ3v) is 3.98. The maximum Gasteiger partial charge on any atom is 0.175 e. The van der Waals surface area contributed by atoms with Gasteiger partial charge in [0.25, 0.3) is 0 Å². The predicted molar refractivity (Wildman–Crippen MR) is 78.2 cm³/mol. The van der Waals surface area contributed by atoms with Crippen LogP contribution in [0.4, 0.5) is 0 Å². The summed E-state index contributed by atoms with van der Waals surface area (Å²) >= 11 is 0. The average molecular weight is 291 g/mol. The third kappa shape index (κ3) is 3.82. The fraction of sp³-hybridized carbons (Fsp3) is 0.200. The van der Waals surface area contributed by atoms with Gasteiger partial charge in [-0.25, -0.2) is 8.42 Å². The van der Waals surface area contributed by atoms with Crippen molar-refractivity contribution in [2.24, 2.45) is 5.73 Å². The van der Waals surface area contributed by atoms with Crippen molar-refractivity contribution >= 4 is 9.84 Å². The zero-order chi connectivity index (χ0) is 14.6. The fourth-order valence-corrected chi connectivity index (χ4v) is 2.46. The molecule has 0 unspecified atom stereocenters. The Kier molecular flexibility index (Phi) is 4.42. The zero-order valence-corrected chi connectivity index (χ0v) is 12.1. The molecule has 0 aromatic heterocycles. The first kappa shape index (κ1) is 14.6. The van der Waals surface area contributed by atoms with E-state index in [-0.39, 0.29) is 4.90 Å². The van der Waals surface area contributed by atoms with Crippen molar-refractivity contribution in [3.8, 4) is 5.75 Å². The van der Waals surface area contributed by atoms with Gasteiger partial charge in [0.15, 0.2) is 9.84 Å². The molecule has 2 aromatic carbocycles. The van der Waals surface area contributed by atoms with E-state index in [4.69, 9.17) is 10.5 Å². The molecule has 0 saturated heterocycles. The minimum absolute atomic E-state index is 0.255. The van der Waals surface area contributed by atoms with E-state index in [2.05, 4.69) is 0 Å². The number of nitrogens with two attached hydrogens (primary N) is 1. The van der Waals surface area contributed by atoms with Crippen LogP contribution in [0.3, 0.4) is 0 Å². The molecule has 0 aliphatic rings. The van der Waals surface area contributed by atoms with Crippen molar-refractivity contribution in [1.29, 1.82) is 0 Å². The maximum absolute atomic E-state index is 11.5. The highest BCUT2D eigenvalue weighted by molar-refractivity contribution is 7.90. The Morgan fingerprint density at radius 2 is 1.75 bits per heavy atom. The zero-order valence-electron chi connectivity index (χ0n) is 11.2. The molecule has 0 amide bonds. The molecule has 0 atom stereocenters. The lowest BCUT2D eigenvalue weighted by molar-refractivity contribution is 0.305. The van der Waals surface area contributed by atoms with Gasteiger partial charge in [0, 0.05) is 12.8 Å². The van der Waals surface area contributed by atoms with Crippen molar-refractivity contribution in [2.75, 3.05) is 6.26 Å². The molecule has 0 spiro atoms. The van der Waals surface area contributed by atoms with Gasteiger partial charge in [-0.3, -0.25) is 0 Å². The molecule has 0 heterocycles. The standard InChI is InChI=1S/C15H17NO3S/c1-20(17,18)15-7-3-6-14(9-15)19-11-13-5-2-4-12(8-13)10-16/h2-9H,10-11,16H2,1H3. The Bertz CT molecular complexity index is 696. The quantitative estimate of drug-likeness (QED) is 0.916. The largest absolute Gasteiger partial charge is 0.489 e. The highest BCUT2D eigenvalue weighted by Crippen LogP contribution is 2.18. The Balaban J connectivity index is 2.11. The van der Waals surface area contributed by atoms with E-state index < -0.39 is 9.84 Å². The van der Waals surface area contributed by atoms with E-state index in [1.807, 2.05) is 24.3 Å². The molecule has 0 saturated carbocycles. The molecule has 5 heteroatoms. The second kappa shape index (κ2) is 6.07. The summed E-state index contributed by atoms with van der Waals surface area (Å²) in [5.41, 5.74) is 7.62. The van der Waals surface area contributed by atoms with Crippen LogP contribution in [0, 0.1) is 0 Å². The lowest BCUT2D eigenvalue weighted by Gasteiger charge is -2.08. The lowest BCUT2D eigenvalue weighted by atomic mass is 10.1. The summed E-state index contributed by atoms with van der Waals surface area (Å²) in [6.45, 7) is 0.860. The van der Waals surface area contributed by atoms with E-state index in [1.165, 1.54) is 12.3 Å². The van der Waals surface area contributed by atoms with Gasteiger partial charge < -0.3 is 10.5 Å². The molecule has 2 N–H and O–H groups in total. The van der Waals surface area contributed by atoms with Crippen molar-refractivity contribution < 1.29 is 13.2 Å². The summed E-state index contributed by atoms with van der Waals surface area (Å²) in [7, 11) is -3.22. The molecule has 0 aliphatic heterocycles. The maximum atomic E-state index is 11.5. The predicted octanol–water partition coefficient (Wildman–Crippen LogP) is 2.13. The molecule has 0 aliphatic carbocycles. The van der Waals surface area contributed by atoms with Gasteiger partial charge in [0.2, 0.25) is 0 Å². The van der Waals surface area contributed by atoms with Gasteiger partial charge in [-0.05, 0) is 29.3 Å². The Hall–Kier alpha value is -1.85. The highest BCUT2D eigenvalue weighted by atomic mass is 32.2. The van der Waals surface area contributed by atoms with E-state index in [9.17, 15) is 8.42 Å². The first-order valence-corrected chi connectivity index (χ1v) is 8.09. The van der Waals surface area contributed by atoms with Crippen LogP contribution in [-0.4, -0.2) is 14.7 Å². The minimum atomic E-state index is -3.22. The molecular formula is C15H17NO3S. The summed E-state index contributed by atoms with van der Waals surface area (Å²) in [6, 6.07) is 14.3. The third-order valence-electron chi connectivity index (χ3n) is 2.87. The Morgan fingerprint density at radius 3 is 2.45 bits per heavy atom. The minimum Gasteiger partial charge on any atom is -0.489 e. The summed E-state index contributed by atoms with van der Waals surface area (Å²) in [5.74, 6) is 0.533. The number of ether oxygens (including phenoxy) is 1. The molecule has 0 fully saturated rings. The average Bonchev–Trinajstić information content (AvgIpc) is 2.45. The number of rotatable bonds is 5. The summed E-state index contributed by atoms with van der Waals surface area (Å²) in [5, 5.41) is 0. The van der Waals surface area contributed by atoms with Crippen molar-refractivity contribution in [3.05, 3.63) is 59.7 Å². The second-order valence-corrected chi connectivity index (χ2v) is 6.58. The first-order chi connectivity index (χ1) is 9.49. The van der Waals surface area contributed by atoms with Crippen LogP contribution in [0.15, 0.2) is 53.4 Å². The number of hydrogen-bond donors (Lipinski definition) is 1. The Morgan fingerprint density at radius 1 is 1.05 bits per heavy atom. The molecule has 4 nitrogen and oxygen atoms in total. The van der Waals surface area contributed by atoms with Gasteiger partial charge in [0.05, 0.1) is 4.90 Å². The van der Waals surface area contributed by atoms with Gasteiger partial charge in [0.1, 0.15) is 12.4 Å². The van der Waals surface area contributed by atoms with Crippen LogP contribution >= 0.6 is 0 Å².